The maximum absolute atomic E-state index is 13.4. The smallest absolute Gasteiger partial charge is 0.318 e. The van der Waals surface area contributed by atoms with Crippen molar-refractivity contribution in [3.05, 3.63) is 72.3 Å². The second-order valence-electron chi connectivity index (χ2n) is 9.67. The first-order valence-electron chi connectivity index (χ1n) is 12.5. The molecule has 2 aliphatic heterocycles. The number of piperazine rings is 1. The minimum Gasteiger partial charge on any atom is -0.497 e. The molecule has 6 rings (SSSR count). The number of nitrogens with one attached hydrogen (secondary N) is 1. The summed E-state index contributed by atoms with van der Waals surface area (Å²) in [5, 5.41) is 3.16. The largest absolute Gasteiger partial charge is 0.497 e. The maximum atomic E-state index is 13.4. The number of urea groups is 1. The van der Waals surface area contributed by atoms with Gasteiger partial charge in [0, 0.05) is 30.1 Å². The van der Waals surface area contributed by atoms with Crippen molar-refractivity contribution in [3.8, 4) is 16.2 Å². The summed E-state index contributed by atoms with van der Waals surface area (Å²) in [6.45, 7) is 3.29. The highest BCUT2D eigenvalue weighted by atomic mass is 32.1. The van der Waals surface area contributed by atoms with Crippen LogP contribution in [0.3, 0.4) is 0 Å². The van der Waals surface area contributed by atoms with Crippen LogP contribution in [-0.4, -0.2) is 53.2 Å². The molecule has 2 amide bonds. The van der Waals surface area contributed by atoms with E-state index in [1.807, 2.05) is 42.2 Å². The van der Waals surface area contributed by atoms with Crippen LogP contribution in [0, 0.1) is 5.82 Å². The van der Waals surface area contributed by atoms with Gasteiger partial charge in [0.15, 0.2) is 5.82 Å². The van der Waals surface area contributed by atoms with Crippen molar-refractivity contribution in [1.82, 2.24) is 20.2 Å². The quantitative estimate of drug-likeness (QED) is 0.372. The molecule has 4 heterocycles. The second-order valence-corrected chi connectivity index (χ2v) is 10.7. The molecule has 2 fully saturated rings. The molecule has 2 unspecified atom stereocenters. The number of ether oxygens (including phenoxy) is 1. The number of hydrogen-bond donors (Lipinski definition) is 1. The van der Waals surface area contributed by atoms with E-state index < -0.39 is 0 Å². The van der Waals surface area contributed by atoms with E-state index in [1.165, 1.54) is 12.1 Å². The fraction of sp³-hybridized carbons (Fsp3) is 0.321. The van der Waals surface area contributed by atoms with E-state index in [-0.39, 0.29) is 30.0 Å². The van der Waals surface area contributed by atoms with Gasteiger partial charge >= 0.3 is 6.03 Å². The van der Waals surface area contributed by atoms with Gasteiger partial charge in [0.05, 0.1) is 23.4 Å². The Bertz CT molecular complexity index is 1430. The Kier molecular flexibility index (Phi) is 6.16. The number of methoxy groups -OCH3 is 1. The number of amides is 2. The maximum Gasteiger partial charge on any atom is 0.318 e. The van der Waals surface area contributed by atoms with Gasteiger partial charge < -0.3 is 19.9 Å². The zero-order chi connectivity index (χ0) is 25.5. The van der Waals surface area contributed by atoms with Crippen LogP contribution in [0.2, 0.25) is 0 Å². The number of hydrogen-bond acceptors (Lipinski definition) is 6. The van der Waals surface area contributed by atoms with Crippen molar-refractivity contribution in [3.63, 3.8) is 0 Å². The molecule has 4 aromatic rings. The lowest BCUT2D eigenvalue weighted by molar-refractivity contribution is 0.180. The first-order chi connectivity index (χ1) is 18.0. The van der Waals surface area contributed by atoms with E-state index in [0.717, 1.165) is 50.6 Å². The zero-order valence-corrected chi connectivity index (χ0v) is 21.5. The van der Waals surface area contributed by atoms with Gasteiger partial charge in [-0.05, 0) is 61.2 Å². The van der Waals surface area contributed by atoms with E-state index >= 15 is 0 Å². The number of anilines is 1. The molecule has 2 aliphatic rings. The van der Waals surface area contributed by atoms with Crippen molar-refractivity contribution < 1.29 is 13.9 Å². The summed E-state index contributed by atoms with van der Waals surface area (Å²) in [6.07, 6.45) is 3.65. The average Bonchev–Trinajstić information content (AvgIpc) is 3.46. The molecule has 1 N–H and O–H groups in total. The normalized spacial score (nSPS) is 19.8. The summed E-state index contributed by atoms with van der Waals surface area (Å²) in [7, 11) is 1.64. The molecule has 7 nitrogen and oxygen atoms in total. The molecule has 2 aromatic carbocycles. The Labute approximate surface area is 218 Å². The van der Waals surface area contributed by atoms with Crippen LogP contribution in [-0.2, 0) is 0 Å². The molecule has 9 heteroatoms. The average molecular weight is 518 g/mol. The molecule has 190 valence electrons. The van der Waals surface area contributed by atoms with Gasteiger partial charge in [-0.3, -0.25) is 0 Å². The third kappa shape index (κ3) is 4.48. The van der Waals surface area contributed by atoms with Crippen LogP contribution in [0.5, 0.6) is 5.75 Å². The highest BCUT2D eigenvalue weighted by Crippen LogP contribution is 2.41. The molecule has 0 spiro atoms. The van der Waals surface area contributed by atoms with E-state index in [1.54, 1.807) is 36.9 Å². The highest BCUT2D eigenvalue weighted by Gasteiger charge is 2.43. The predicted molar refractivity (Wildman–Crippen MR) is 144 cm³/mol. The summed E-state index contributed by atoms with van der Waals surface area (Å²) < 4.78 is 19.8. The van der Waals surface area contributed by atoms with Gasteiger partial charge in [0.1, 0.15) is 17.9 Å². The molecule has 3 atom stereocenters. The molecule has 2 aromatic heterocycles. The van der Waals surface area contributed by atoms with Crippen LogP contribution < -0.4 is 15.0 Å². The molecule has 0 aliphatic carbocycles. The monoisotopic (exact) mass is 517 g/mol. The number of halogens is 1. The van der Waals surface area contributed by atoms with E-state index in [0.29, 0.717) is 13.1 Å². The number of carbonyl (C=O) groups is 1. The fourth-order valence-electron chi connectivity index (χ4n) is 5.47. The molecule has 2 bridgehead atoms. The molecular weight excluding hydrogens is 489 g/mol. The van der Waals surface area contributed by atoms with Crippen molar-refractivity contribution in [2.24, 2.45) is 0 Å². The lowest BCUT2D eigenvalue weighted by Crippen LogP contribution is -2.57. The predicted octanol–water partition coefficient (Wildman–Crippen LogP) is 5.63. The summed E-state index contributed by atoms with van der Waals surface area (Å²) >= 11 is 1.63. The molecule has 0 radical (unpaired) electrons. The van der Waals surface area contributed by atoms with Crippen LogP contribution >= 0.6 is 11.3 Å². The van der Waals surface area contributed by atoms with Crippen LogP contribution in [0.15, 0.2) is 60.9 Å². The number of aromatic nitrogens is 2. The topological polar surface area (TPSA) is 70.6 Å². The number of benzene rings is 2. The number of fused-ring (bicyclic) bond motifs is 3. The lowest BCUT2D eigenvalue weighted by Gasteiger charge is -2.42. The number of carbonyl (C=O) groups excluding carboxylic acids is 1. The van der Waals surface area contributed by atoms with E-state index in [4.69, 9.17) is 9.72 Å². The zero-order valence-electron chi connectivity index (χ0n) is 20.7. The molecule has 2 saturated heterocycles. The fourth-order valence-corrected chi connectivity index (χ4v) is 6.58. The van der Waals surface area contributed by atoms with Gasteiger partial charge in [-0.25, -0.2) is 19.2 Å². The summed E-state index contributed by atoms with van der Waals surface area (Å²) in [4.78, 5) is 27.8. The van der Waals surface area contributed by atoms with E-state index in [2.05, 4.69) is 15.2 Å². The van der Waals surface area contributed by atoms with Gasteiger partial charge in [-0.1, -0.05) is 24.3 Å². The molecule has 0 saturated carbocycles. The van der Waals surface area contributed by atoms with Crippen LogP contribution in [0.25, 0.3) is 20.7 Å². The van der Waals surface area contributed by atoms with Crippen LogP contribution in [0.1, 0.15) is 31.4 Å². The Morgan fingerprint density at radius 3 is 2.59 bits per heavy atom. The van der Waals surface area contributed by atoms with E-state index in [9.17, 15) is 9.18 Å². The SMILES string of the molecule is COc1cccc([C@H](C)NC(=O)N2CC3CCC(C2)N3c2ncnc3cc(-c4ccc(F)cc4)sc23)c1. The highest BCUT2D eigenvalue weighted by molar-refractivity contribution is 7.22. The minimum atomic E-state index is -0.248. The lowest BCUT2D eigenvalue weighted by atomic mass is 10.1. The van der Waals surface area contributed by atoms with Gasteiger partial charge in [-0.15, -0.1) is 11.3 Å². The van der Waals surface area contributed by atoms with Gasteiger partial charge in [-0.2, -0.15) is 0 Å². The standard InChI is InChI=1S/C28H28FN5O2S/c1-17(19-4-3-5-23(12-19)36-2)32-28(35)33-14-21-10-11-22(15-33)34(21)27-26-24(30-16-31-27)13-25(37-26)18-6-8-20(29)9-7-18/h3-9,12-13,16-17,21-22H,10-11,14-15H2,1-2H3,(H,32,35)/t17-,21?,22?/m0/s1. The summed E-state index contributed by atoms with van der Waals surface area (Å²) in [5.74, 6) is 1.46. The van der Waals surface area contributed by atoms with Crippen molar-refractivity contribution in [2.75, 3.05) is 25.1 Å². The van der Waals surface area contributed by atoms with Crippen LogP contribution in [0.4, 0.5) is 15.0 Å². The second kappa shape index (κ2) is 9.63. The summed E-state index contributed by atoms with van der Waals surface area (Å²) in [5.41, 5.74) is 2.86. The van der Waals surface area contributed by atoms with Gasteiger partial charge in [0.25, 0.3) is 0 Å². The first-order valence-corrected chi connectivity index (χ1v) is 13.3. The van der Waals surface area contributed by atoms with Crippen molar-refractivity contribution in [2.45, 2.75) is 37.9 Å². The Morgan fingerprint density at radius 1 is 1.11 bits per heavy atom. The molecule has 37 heavy (non-hydrogen) atoms. The van der Waals surface area contributed by atoms with Gasteiger partial charge in [0.2, 0.25) is 0 Å². The Hall–Kier alpha value is -3.72. The molecular formula is C28H28FN5O2S. The third-order valence-corrected chi connectivity index (χ3v) is 8.54. The Balaban J connectivity index is 1.20. The van der Waals surface area contributed by atoms with Crippen molar-refractivity contribution >= 4 is 33.4 Å². The number of rotatable bonds is 5. The summed E-state index contributed by atoms with van der Waals surface area (Å²) in [6, 6.07) is 16.6. The van der Waals surface area contributed by atoms with Crippen molar-refractivity contribution in [1.29, 1.82) is 0 Å². The number of thiophene rings is 1. The number of nitrogens with zero attached hydrogens (tertiary/aromatic N) is 4. The first kappa shape index (κ1) is 23.7. The number of likely N-dealkylation sites (tertiary alicyclic amines) is 1. The minimum absolute atomic E-state index is 0.0468. The Morgan fingerprint density at radius 2 is 1.86 bits per heavy atom. The third-order valence-electron chi connectivity index (χ3n) is 7.37.